The Morgan fingerprint density at radius 3 is 2.14 bits per heavy atom. The van der Waals surface area contributed by atoms with E-state index in [2.05, 4.69) is 0 Å². The lowest BCUT2D eigenvalue weighted by Crippen LogP contribution is -2.64. The van der Waals surface area contributed by atoms with E-state index >= 15 is 0 Å². The minimum absolute atomic E-state index is 0.0604. The monoisotopic (exact) mass is 696 g/mol. The molecule has 2 fully saturated rings. The molecule has 2 aliphatic heterocycles. The molecule has 49 heavy (non-hydrogen) atoms. The third-order valence-corrected chi connectivity index (χ3v) is 7.73. The average molecular weight is 697 g/mol. The van der Waals surface area contributed by atoms with Gasteiger partial charge in [-0.25, -0.2) is 9.59 Å². The number of phenolic OH excluding ortho intramolecular Hbond substituents is 3. The van der Waals surface area contributed by atoms with Gasteiger partial charge in [-0.1, -0.05) is 0 Å². The first kappa shape index (κ1) is 35.7. The number of hydrogen-bond acceptors (Lipinski definition) is 18. The van der Waals surface area contributed by atoms with Gasteiger partial charge >= 0.3 is 11.9 Å². The number of aromatic hydroxyl groups is 3. The van der Waals surface area contributed by atoms with Crippen LogP contribution in [0, 0.1) is 0 Å². The van der Waals surface area contributed by atoms with Crippen LogP contribution in [0.4, 0.5) is 0 Å². The molecule has 0 spiro atoms. The lowest BCUT2D eigenvalue weighted by atomic mass is 9.97. The Morgan fingerprint density at radius 1 is 0.776 bits per heavy atom. The van der Waals surface area contributed by atoms with Crippen molar-refractivity contribution in [1.29, 1.82) is 0 Å². The number of aliphatic hydroxyl groups excluding tert-OH is 6. The van der Waals surface area contributed by atoms with Gasteiger partial charge in [-0.3, -0.25) is 4.79 Å². The van der Waals surface area contributed by atoms with E-state index in [0.29, 0.717) is 0 Å². The van der Waals surface area contributed by atoms with Crippen molar-refractivity contribution in [2.75, 3.05) is 13.2 Å². The molecule has 19 nitrogen and oxygen atoms in total. The number of rotatable bonds is 10. The smallest absolute Gasteiger partial charge is 0.340 e. The molecule has 3 heterocycles. The Hall–Kier alpha value is -4.57. The number of carboxylic acid groups (broad SMARTS) is 1. The number of aliphatic hydroxyl groups is 6. The van der Waals surface area contributed by atoms with E-state index in [4.69, 9.17) is 28.1 Å². The summed E-state index contributed by atoms with van der Waals surface area (Å²) in [6.07, 6.45) is -20.2. The fourth-order valence-electron chi connectivity index (χ4n) is 5.18. The van der Waals surface area contributed by atoms with E-state index in [-0.39, 0.29) is 47.7 Å². The molecule has 5 rings (SSSR count). The summed E-state index contributed by atoms with van der Waals surface area (Å²) in [7, 11) is 0. The zero-order valence-electron chi connectivity index (χ0n) is 25.0. The molecule has 0 amide bonds. The molecule has 3 aromatic rings. The Bertz CT molecular complexity index is 1740. The van der Waals surface area contributed by atoms with Crippen LogP contribution >= 0.6 is 0 Å². The van der Waals surface area contributed by atoms with Crippen LogP contribution in [-0.4, -0.2) is 138 Å². The number of benzene rings is 2. The van der Waals surface area contributed by atoms with Crippen LogP contribution in [0.1, 0.15) is 6.42 Å². The molecule has 2 aliphatic rings. The molecule has 0 unspecified atom stereocenters. The molecule has 10 atom stereocenters. The first-order chi connectivity index (χ1) is 23.2. The van der Waals surface area contributed by atoms with Crippen molar-refractivity contribution in [3.63, 3.8) is 0 Å². The third-order valence-electron chi connectivity index (χ3n) is 7.73. The van der Waals surface area contributed by atoms with Crippen LogP contribution < -0.4 is 10.2 Å². The first-order valence-corrected chi connectivity index (χ1v) is 14.6. The number of esters is 1. The van der Waals surface area contributed by atoms with Crippen molar-refractivity contribution in [1.82, 2.24) is 0 Å². The maximum Gasteiger partial charge on any atom is 0.340 e. The lowest BCUT2D eigenvalue weighted by molar-refractivity contribution is -0.306. The molecular weight excluding hydrogens is 664 g/mol. The van der Waals surface area contributed by atoms with E-state index in [1.165, 1.54) is 6.07 Å². The second-order valence-electron chi connectivity index (χ2n) is 11.1. The fourth-order valence-corrected chi connectivity index (χ4v) is 5.18. The van der Waals surface area contributed by atoms with E-state index in [1.807, 2.05) is 0 Å². The molecule has 266 valence electrons. The van der Waals surface area contributed by atoms with E-state index < -0.39 is 96.0 Å². The summed E-state index contributed by atoms with van der Waals surface area (Å²) < 4.78 is 32.6. The summed E-state index contributed by atoms with van der Waals surface area (Å²) in [6, 6.07) is 6.75. The van der Waals surface area contributed by atoms with Gasteiger partial charge in [0, 0.05) is 37.0 Å². The van der Waals surface area contributed by atoms with E-state index in [0.717, 1.165) is 30.3 Å². The maximum atomic E-state index is 13.1. The quantitative estimate of drug-likeness (QED) is 0.0600. The predicted octanol–water partition coefficient (Wildman–Crippen LogP) is -2.39. The number of carbonyl (C=O) groups excluding carboxylic acids is 1. The molecule has 10 N–H and O–H groups in total. The molecule has 0 saturated carbocycles. The highest BCUT2D eigenvalue weighted by molar-refractivity contribution is 5.86. The summed E-state index contributed by atoms with van der Waals surface area (Å²) in [5.74, 6) is -5.24. The van der Waals surface area contributed by atoms with Gasteiger partial charge in [0.15, 0.2) is 29.1 Å². The minimum Gasteiger partial charge on any atom is -0.507 e. The summed E-state index contributed by atoms with van der Waals surface area (Å²) in [5.41, 5.74) is -0.772. The molecule has 1 aromatic heterocycles. The first-order valence-electron chi connectivity index (χ1n) is 14.6. The zero-order chi connectivity index (χ0) is 35.7. The van der Waals surface area contributed by atoms with Crippen LogP contribution in [0.15, 0.2) is 45.6 Å². The van der Waals surface area contributed by atoms with Gasteiger partial charge in [0.1, 0.15) is 64.9 Å². The molecule has 2 aromatic carbocycles. The minimum atomic E-state index is -2.18. The van der Waals surface area contributed by atoms with Crippen LogP contribution in [0.25, 0.3) is 22.3 Å². The fraction of sp³-hybridized carbons (Fsp3) is 0.433. The third kappa shape index (κ3) is 7.25. The van der Waals surface area contributed by atoms with Gasteiger partial charge < -0.3 is 79.2 Å². The van der Waals surface area contributed by atoms with Gasteiger partial charge in [0.2, 0.25) is 12.6 Å². The summed E-state index contributed by atoms with van der Waals surface area (Å²) in [4.78, 5) is 37.4. The molecule has 0 radical (unpaired) electrons. The molecular formula is C30H32O19. The molecule has 2 saturated heterocycles. The molecule has 19 heteroatoms. The number of carbonyl (C=O) groups is 2. The molecule has 0 bridgehead atoms. The van der Waals surface area contributed by atoms with Crippen LogP contribution in [-0.2, 0) is 28.5 Å². The topological polar surface area (TPSA) is 313 Å². The normalized spacial score (nSPS) is 30.2. The largest absolute Gasteiger partial charge is 0.507 e. The van der Waals surface area contributed by atoms with Crippen LogP contribution in [0.2, 0.25) is 0 Å². The zero-order valence-corrected chi connectivity index (χ0v) is 25.0. The van der Waals surface area contributed by atoms with Crippen molar-refractivity contribution in [2.24, 2.45) is 0 Å². The predicted molar refractivity (Wildman–Crippen MR) is 156 cm³/mol. The number of carboxylic acids is 1. The average Bonchev–Trinajstić information content (AvgIpc) is 3.04. The van der Waals surface area contributed by atoms with Gasteiger partial charge in [0.05, 0.1) is 0 Å². The lowest BCUT2D eigenvalue weighted by Gasteiger charge is -2.42. The Labute approximate surface area is 273 Å². The SMILES string of the molecule is O=C(O)[C@H]1O[C@@H](OC(=O)[C@H]2O[C@@H](Oc3cc(O)c4c(=O)cc(-c5ccc(O)c(O)c5)oc4c3)[C@H](OCCCO)[C@@H](O)[C@@H]2O)[C@H](O)[C@@H](O)[C@@H]1O. The number of fused-ring (bicyclic) bond motifs is 1. The summed E-state index contributed by atoms with van der Waals surface area (Å²) in [6.45, 7) is -0.532. The Balaban J connectivity index is 1.44. The van der Waals surface area contributed by atoms with Crippen LogP contribution in [0.5, 0.6) is 23.0 Å². The van der Waals surface area contributed by atoms with Crippen molar-refractivity contribution >= 4 is 22.9 Å². The second kappa shape index (κ2) is 14.5. The number of ether oxygens (including phenoxy) is 5. The maximum absolute atomic E-state index is 13.1. The standard InChI is InChI=1S/C30H32O19/c31-4-1-5-44-26-22(39)21(38)25(28(43)49-29-23(40)19(36)20(37)24(47-29)27(41)42)48-30(26)45-11-7-14(34)18-15(35)9-16(46-17(18)8-11)10-2-3-12(32)13(33)6-10/h2-3,6-9,19-26,29-34,36-40H,1,4-5H2,(H,41,42)/t19-,20-,21-,22-,23+,24-,25-,26+,29-,30+/m0/s1. The van der Waals surface area contributed by atoms with Crippen molar-refractivity contribution in [3.8, 4) is 34.3 Å². The number of aliphatic carboxylic acids is 1. The van der Waals surface area contributed by atoms with Gasteiger partial charge in [-0.15, -0.1) is 0 Å². The number of hydrogen-bond donors (Lipinski definition) is 10. The highest BCUT2D eigenvalue weighted by atomic mass is 16.8. The summed E-state index contributed by atoms with van der Waals surface area (Å²) in [5, 5.41) is 100. The summed E-state index contributed by atoms with van der Waals surface area (Å²) >= 11 is 0. The van der Waals surface area contributed by atoms with Gasteiger partial charge in [-0.05, 0) is 24.6 Å². The second-order valence-corrected chi connectivity index (χ2v) is 11.1. The van der Waals surface area contributed by atoms with Crippen LogP contribution in [0.3, 0.4) is 0 Å². The van der Waals surface area contributed by atoms with Gasteiger partial charge in [0.25, 0.3) is 0 Å². The number of phenols is 3. The Morgan fingerprint density at radius 2 is 1.47 bits per heavy atom. The van der Waals surface area contributed by atoms with Gasteiger partial charge in [-0.2, -0.15) is 0 Å². The Kier molecular flexibility index (Phi) is 10.6. The highest BCUT2D eigenvalue weighted by Crippen LogP contribution is 2.36. The van der Waals surface area contributed by atoms with Crippen molar-refractivity contribution in [2.45, 2.75) is 67.8 Å². The van der Waals surface area contributed by atoms with Crippen molar-refractivity contribution < 1.29 is 88.8 Å². The van der Waals surface area contributed by atoms with E-state index in [1.54, 1.807) is 0 Å². The highest BCUT2D eigenvalue weighted by Gasteiger charge is 2.53. The van der Waals surface area contributed by atoms with Crippen molar-refractivity contribution in [3.05, 3.63) is 46.6 Å². The van der Waals surface area contributed by atoms with E-state index in [9.17, 15) is 65.4 Å². The molecule has 0 aliphatic carbocycles.